The van der Waals surface area contributed by atoms with Gasteiger partial charge in [0.25, 0.3) is 0 Å². The maximum Gasteiger partial charge on any atom is 0.305 e. The van der Waals surface area contributed by atoms with E-state index in [0.717, 1.165) is 17.3 Å². The van der Waals surface area contributed by atoms with Crippen molar-refractivity contribution in [3.8, 4) is 0 Å². The van der Waals surface area contributed by atoms with E-state index >= 15 is 0 Å². The molecule has 1 aromatic carbocycles. The SMILES string of the molecule is O=C(O)CC1C(=O)NCCN1C1CCc2c(Br)cccc21. The Morgan fingerprint density at radius 3 is 3.05 bits per heavy atom. The lowest BCUT2D eigenvalue weighted by atomic mass is 10.0. The van der Waals surface area contributed by atoms with E-state index in [9.17, 15) is 9.59 Å². The van der Waals surface area contributed by atoms with Crippen LogP contribution in [-0.2, 0) is 16.0 Å². The van der Waals surface area contributed by atoms with Crippen molar-refractivity contribution in [2.75, 3.05) is 13.1 Å². The van der Waals surface area contributed by atoms with E-state index in [1.165, 1.54) is 11.1 Å². The van der Waals surface area contributed by atoms with Crippen LogP contribution in [0.15, 0.2) is 22.7 Å². The highest BCUT2D eigenvalue weighted by Gasteiger charge is 2.39. The number of nitrogens with one attached hydrogen (secondary N) is 1. The number of carbonyl (C=O) groups is 2. The van der Waals surface area contributed by atoms with E-state index in [1.807, 2.05) is 12.1 Å². The summed E-state index contributed by atoms with van der Waals surface area (Å²) >= 11 is 3.57. The lowest BCUT2D eigenvalue weighted by Crippen LogP contribution is -2.56. The van der Waals surface area contributed by atoms with Crippen molar-refractivity contribution in [2.24, 2.45) is 0 Å². The van der Waals surface area contributed by atoms with Gasteiger partial charge in [0.1, 0.15) is 6.04 Å². The standard InChI is InChI=1S/C15H17BrN2O3/c16-11-3-1-2-10-9(11)4-5-12(10)18-7-6-17-15(21)13(18)8-14(19)20/h1-3,12-13H,4-8H2,(H,17,21)(H,19,20). The van der Waals surface area contributed by atoms with Crippen LogP contribution in [0.2, 0.25) is 0 Å². The topological polar surface area (TPSA) is 69.6 Å². The third kappa shape index (κ3) is 2.70. The number of carboxylic acids is 1. The molecule has 3 rings (SSSR count). The van der Waals surface area contributed by atoms with Crippen molar-refractivity contribution < 1.29 is 14.7 Å². The fraction of sp³-hybridized carbons (Fsp3) is 0.467. The van der Waals surface area contributed by atoms with Gasteiger partial charge in [0.2, 0.25) is 5.91 Å². The van der Waals surface area contributed by atoms with Crippen LogP contribution >= 0.6 is 15.9 Å². The number of aliphatic carboxylic acids is 1. The molecule has 0 bridgehead atoms. The second-order valence-electron chi connectivity index (χ2n) is 5.50. The largest absolute Gasteiger partial charge is 0.481 e. The number of amides is 1. The molecule has 6 heteroatoms. The summed E-state index contributed by atoms with van der Waals surface area (Å²) < 4.78 is 1.10. The first-order chi connectivity index (χ1) is 10.1. The fourth-order valence-electron chi connectivity index (χ4n) is 3.41. The van der Waals surface area contributed by atoms with E-state index < -0.39 is 12.0 Å². The van der Waals surface area contributed by atoms with Gasteiger partial charge in [-0.3, -0.25) is 14.5 Å². The number of hydrogen-bond donors (Lipinski definition) is 2. The summed E-state index contributed by atoms with van der Waals surface area (Å²) in [5.41, 5.74) is 2.50. The third-order valence-corrected chi connectivity index (χ3v) is 5.07. The first-order valence-electron chi connectivity index (χ1n) is 7.10. The summed E-state index contributed by atoms with van der Waals surface area (Å²) in [4.78, 5) is 25.2. The number of nitrogens with zero attached hydrogens (tertiary/aromatic N) is 1. The van der Waals surface area contributed by atoms with Crippen LogP contribution in [0.4, 0.5) is 0 Å². The molecule has 2 aliphatic rings. The number of carboxylic acid groups (broad SMARTS) is 1. The first kappa shape index (κ1) is 14.5. The van der Waals surface area contributed by atoms with Crippen LogP contribution in [0.5, 0.6) is 0 Å². The minimum atomic E-state index is -0.936. The van der Waals surface area contributed by atoms with Gasteiger partial charge in [-0.25, -0.2) is 0 Å². The third-order valence-electron chi connectivity index (χ3n) is 4.32. The molecule has 21 heavy (non-hydrogen) atoms. The zero-order valence-corrected chi connectivity index (χ0v) is 13.1. The molecular formula is C15H17BrN2O3. The molecule has 1 aliphatic carbocycles. The van der Waals surface area contributed by atoms with Gasteiger partial charge in [-0.1, -0.05) is 28.1 Å². The van der Waals surface area contributed by atoms with E-state index in [-0.39, 0.29) is 18.4 Å². The Balaban J connectivity index is 1.91. The van der Waals surface area contributed by atoms with Crippen LogP contribution in [0.25, 0.3) is 0 Å². The molecule has 0 radical (unpaired) electrons. The minimum Gasteiger partial charge on any atom is -0.481 e. The lowest BCUT2D eigenvalue weighted by molar-refractivity contribution is -0.144. The number of hydrogen-bond acceptors (Lipinski definition) is 3. The normalized spacial score (nSPS) is 25.5. The molecule has 1 heterocycles. The number of halogens is 1. The van der Waals surface area contributed by atoms with Crippen molar-refractivity contribution >= 4 is 27.8 Å². The summed E-state index contributed by atoms with van der Waals surface area (Å²) in [6.07, 6.45) is 1.74. The van der Waals surface area contributed by atoms with Gasteiger partial charge < -0.3 is 10.4 Å². The Bertz CT molecular complexity index is 590. The summed E-state index contributed by atoms with van der Waals surface area (Å²) in [5, 5.41) is 11.8. The van der Waals surface area contributed by atoms with Crippen LogP contribution in [0.3, 0.4) is 0 Å². The number of piperazine rings is 1. The summed E-state index contributed by atoms with van der Waals surface area (Å²) in [6, 6.07) is 5.66. The highest BCUT2D eigenvalue weighted by molar-refractivity contribution is 9.10. The van der Waals surface area contributed by atoms with Gasteiger partial charge in [-0.15, -0.1) is 0 Å². The van der Waals surface area contributed by atoms with E-state index in [4.69, 9.17) is 5.11 Å². The van der Waals surface area contributed by atoms with E-state index in [2.05, 4.69) is 32.2 Å². The molecule has 112 valence electrons. The predicted octanol–water partition coefficient (Wildman–Crippen LogP) is 1.71. The molecule has 1 aliphatic heterocycles. The highest BCUT2D eigenvalue weighted by atomic mass is 79.9. The number of carbonyl (C=O) groups excluding carboxylic acids is 1. The molecule has 1 amide bonds. The van der Waals surface area contributed by atoms with Gasteiger partial charge in [0.15, 0.2) is 0 Å². The Morgan fingerprint density at radius 1 is 1.48 bits per heavy atom. The first-order valence-corrected chi connectivity index (χ1v) is 7.89. The minimum absolute atomic E-state index is 0.132. The average Bonchev–Trinajstić information content (AvgIpc) is 2.86. The fourth-order valence-corrected chi connectivity index (χ4v) is 3.99. The van der Waals surface area contributed by atoms with Gasteiger partial charge in [0, 0.05) is 23.6 Å². The molecule has 5 nitrogen and oxygen atoms in total. The molecule has 2 N–H and O–H groups in total. The molecule has 1 aromatic rings. The van der Waals surface area contributed by atoms with Gasteiger partial charge in [-0.05, 0) is 30.0 Å². The highest BCUT2D eigenvalue weighted by Crippen LogP contribution is 2.40. The molecule has 0 aromatic heterocycles. The molecule has 0 saturated carbocycles. The van der Waals surface area contributed by atoms with Crippen LogP contribution < -0.4 is 5.32 Å². The smallest absolute Gasteiger partial charge is 0.305 e. The van der Waals surface area contributed by atoms with Crippen molar-refractivity contribution in [2.45, 2.75) is 31.3 Å². The average molecular weight is 353 g/mol. The number of rotatable bonds is 3. The van der Waals surface area contributed by atoms with Crippen molar-refractivity contribution in [3.63, 3.8) is 0 Å². The molecule has 2 unspecified atom stereocenters. The maximum absolute atomic E-state index is 12.1. The molecule has 1 fully saturated rings. The Kier molecular flexibility index (Phi) is 3.99. The summed E-state index contributed by atoms with van der Waals surface area (Å²) in [7, 11) is 0. The van der Waals surface area contributed by atoms with Crippen LogP contribution in [0.1, 0.15) is 30.0 Å². The quantitative estimate of drug-likeness (QED) is 0.868. The van der Waals surface area contributed by atoms with Gasteiger partial charge >= 0.3 is 5.97 Å². The van der Waals surface area contributed by atoms with Gasteiger partial charge in [-0.2, -0.15) is 0 Å². The number of fused-ring (bicyclic) bond motifs is 1. The lowest BCUT2D eigenvalue weighted by Gasteiger charge is -2.38. The predicted molar refractivity (Wildman–Crippen MR) is 81.0 cm³/mol. The maximum atomic E-state index is 12.1. The Morgan fingerprint density at radius 2 is 2.29 bits per heavy atom. The van der Waals surface area contributed by atoms with E-state index in [0.29, 0.717) is 13.1 Å². The van der Waals surface area contributed by atoms with Crippen LogP contribution in [0, 0.1) is 0 Å². The second kappa shape index (κ2) is 5.77. The molecule has 2 atom stereocenters. The Hall–Kier alpha value is -1.40. The monoisotopic (exact) mass is 352 g/mol. The van der Waals surface area contributed by atoms with Crippen molar-refractivity contribution in [1.29, 1.82) is 0 Å². The zero-order valence-electron chi connectivity index (χ0n) is 11.5. The number of benzene rings is 1. The van der Waals surface area contributed by atoms with Crippen molar-refractivity contribution in [1.82, 2.24) is 10.2 Å². The molecule has 1 saturated heterocycles. The van der Waals surface area contributed by atoms with Crippen LogP contribution in [-0.4, -0.2) is 41.0 Å². The van der Waals surface area contributed by atoms with Crippen molar-refractivity contribution in [3.05, 3.63) is 33.8 Å². The zero-order chi connectivity index (χ0) is 15.0. The Labute approximate surface area is 131 Å². The van der Waals surface area contributed by atoms with Gasteiger partial charge in [0.05, 0.1) is 6.42 Å². The summed E-state index contributed by atoms with van der Waals surface area (Å²) in [5.74, 6) is -1.11. The molecular weight excluding hydrogens is 336 g/mol. The second-order valence-corrected chi connectivity index (χ2v) is 6.36. The van der Waals surface area contributed by atoms with E-state index in [1.54, 1.807) is 0 Å². The molecule has 0 spiro atoms. The summed E-state index contributed by atoms with van der Waals surface area (Å²) in [6.45, 7) is 1.27.